The second kappa shape index (κ2) is 7.69. The van der Waals surface area contributed by atoms with Crippen LogP contribution in [0.4, 0.5) is 0 Å². The van der Waals surface area contributed by atoms with E-state index in [9.17, 15) is 4.79 Å². The third kappa shape index (κ3) is 3.89. The van der Waals surface area contributed by atoms with Crippen LogP contribution in [0.15, 0.2) is 18.2 Å². The maximum atomic E-state index is 12.1. The number of rotatable bonds is 6. The molecule has 1 N–H and O–H groups in total. The van der Waals surface area contributed by atoms with E-state index in [0.717, 1.165) is 29.0 Å². The van der Waals surface area contributed by atoms with Crippen molar-refractivity contribution in [3.8, 4) is 5.75 Å². The van der Waals surface area contributed by atoms with Gasteiger partial charge in [0.1, 0.15) is 11.6 Å². The molecule has 3 rings (SSSR count). The summed E-state index contributed by atoms with van der Waals surface area (Å²) in [4.78, 5) is 16.8. The number of benzene rings is 1. The lowest BCUT2D eigenvalue weighted by Crippen LogP contribution is -2.28. The average molecular weight is 329 g/mol. The van der Waals surface area contributed by atoms with Gasteiger partial charge in [-0.25, -0.2) is 4.98 Å². The second-order valence-corrected chi connectivity index (χ2v) is 6.75. The van der Waals surface area contributed by atoms with E-state index >= 15 is 0 Å². The lowest BCUT2D eigenvalue weighted by atomic mass is 9.87. The molecule has 1 heterocycles. The molecule has 5 nitrogen and oxygen atoms in total. The van der Waals surface area contributed by atoms with E-state index in [1.165, 1.54) is 32.1 Å². The van der Waals surface area contributed by atoms with Crippen LogP contribution in [0, 0.1) is 5.92 Å². The lowest BCUT2D eigenvalue weighted by molar-refractivity contribution is -0.122. The molecule has 1 saturated carbocycles. The number of amides is 1. The number of carbonyl (C=O) groups excluding carboxylic acids is 1. The van der Waals surface area contributed by atoms with E-state index in [0.29, 0.717) is 18.9 Å². The molecule has 1 amide bonds. The van der Waals surface area contributed by atoms with E-state index in [1.54, 1.807) is 7.11 Å². The number of hydrogen-bond donors (Lipinski definition) is 1. The predicted octanol–water partition coefficient (Wildman–Crippen LogP) is 3.21. The van der Waals surface area contributed by atoms with E-state index in [-0.39, 0.29) is 5.91 Å². The quantitative estimate of drug-likeness (QED) is 0.885. The number of methoxy groups -OCH3 is 1. The van der Waals surface area contributed by atoms with Crippen molar-refractivity contribution in [2.75, 3.05) is 13.7 Å². The number of imidazole rings is 1. The number of fused-ring (bicyclic) bond motifs is 1. The van der Waals surface area contributed by atoms with Crippen LogP contribution >= 0.6 is 0 Å². The van der Waals surface area contributed by atoms with Crippen LogP contribution in [0.3, 0.4) is 0 Å². The van der Waals surface area contributed by atoms with Crippen molar-refractivity contribution in [1.82, 2.24) is 14.9 Å². The molecule has 0 bridgehead atoms. The molecule has 1 aliphatic carbocycles. The molecule has 1 aromatic carbocycles. The topological polar surface area (TPSA) is 56.1 Å². The molecule has 1 aliphatic rings. The summed E-state index contributed by atoms with van der Waals surface area (Å²) in [6.45, 7) is 0.639. The Balaban J connectivity index is 1.53. The Bertz CT molecular complexity index is 702. The zero-order valence-electron chi connectivity index (χ0n) is 14.7. The first kappa shape index (κ1) is 16.8. The van der Waals surface area contributed by atoms with Gasteiger partial charge in [0.05, 0.1) is 18.1 Å². The third-order valence-corrected chi connectivity index (χ3v) is 5.05. The van der Waals surface area contributed by atoms with Crippen LogP contribution in [0.5, 0.6) is 5.75 Å². The highest BCUT2D eigenvalue weighted by Gasteiger charge is 2.17. The first-order chi connectivity index (χ1) is 11.7. The van der Waals surface area contributed by atoms with Gasteiger partial charge in [-0.15, -0.1) is 0 Å². The Morgan fingerprint density at radius 1 is 1.33 bits per heavy atom. The van der Waals surface area contributed by atoms with Crippen LogP contribution in [0.25, 0.3) is 11.0 Å². The van der Waals surface area contributed by atoms with Crippen LogP contribution in [-0.2, 0) is 18.3 Å². The van der Waals surface area contributed by atoms with Gasteiger partial charge < -0.3 is 14.6 Å². The van der Waals surface area contributed by atoms with Gasteiger partial charge in [0.15, 0.2) is 0 Å². The van der Waals surface area contributed by atoms with Crippen molar-refractivity contribution in [1.29, 1.82) is 0 Å². The zero-order chi connectivity index (χ0) is 16.9. The zero-order valence-corrected chi connectivity index (χ0v) is 14.7. The molecule has 0 aliphatic heterocycles. The van der Waals surface area contributed by atoms with E-state index in [4.69, 9.17) is 4.74 Å². The Morgan fingerprint density at radius 2 is 2.12 bits per heavy atom. The molecule has 24 heavy (non-hydrogen) atoms. The normalized spacial score (nSPS) is 15.6. The van der Waals surface area contributed by atoms with Gasteiger partial charge in [0.2, 0.25) is 5.91 Å². The van der Waals surface area contributed by atoms with E-state index < -0.39 is 0 Å². The molecule has 1 fully saturated rings. The fourth-order valence-corrected chi connectivity index (χ4v) is 3.62. The van der Waals surface area contributed by atoms with Crippen molar-refractivity contribution >= 4 is 16.9 Å². The maximum absolute atomic E-state index is 12.1. The SMILES string of the molecule is COc1ccc2c(c1)nc(CCNC(=O)CC1CCCCC1)n2C. The summed E-state index contributed by atoms with van der Waals surface area (Å²) in [6, 6.07) is 5.91. The summed E-state index contributed by atoms with van der Waals surface area (Å²) in [5.74, 6) is 2.56. The number of carbonyl (C=O) groups is 1. The van der Waals surface area contributed by atoms with Crippen LogP contribution in [-0.4, -0.2) is 29.1 Å². The number of ether oxygens (including phenoxy) is 1. The lowest BCUT2D eigenvalue weighted by Gasteiger charge is -2.20. The summed E-state index contributed by atoms with van der Waals surface area (Å²) in [5.41, 5.74) is 2.01. The molecule has 1 aromatic heterocycles. The van der Waals surface area contributed by atoms with Gasteiger partial charge >= 0.3 is 0 Å². The largest absolute Gasteiger partial charge is 0.497 e. The molecule has 2 aromatic rings. The first-order valence-corrected chi connectivity index (χ1v) is 8.93. The minimum atomic E-state index is 0.183. The molecule has 0 spiro atoms. The Hall–Kier alpha value is -2.04. The smallest absolute Gasteiger partial charge is 0.220 e. The van der Waals surface area contributed by atoms with Crippen molar-refractivity contribution < 1.29 is 9.53 Å². The fourth-order valence-electron chi connectivity index (χ4n) is 3.62. The highest BCUT2D eigenvalue weighted by molar-refractivity contribution is 5.78. The van der Waals surface area contributed by atoms with Crippen LogP contribution in [0.2, 0.25) is 0 Å². The summed E-state index contributed by atoms with van der Waals surface area (Å²) in [7, 11) is 3.67. The highest BCUT2D eigenvalue weighted by atomic mass is 16.5. The average Bonchev–Trinajstić information content (AvgIpc) is 2.91. The van der Waals surface area contributed by atoms with Gasteiger partial charge in [-0.1, -0.05) is 19.3 Å². The van der Waals surface area contributed by atoms with Crippen LogP contribution < -0.4 is 10.1 Å². The number of aryl methyl sites for hydroxylation is 1. The minimum Gasteiger partial charge on any atom is -0.497 e. The van der Waals surface area contributed by atoms with E-state index in [2.05, 4.69) is 14.9 Å². The van der Waals surface area contributed by atoms with Gasteiger partial charge in [0, 0.05) is 32.5 Å². The maximum Gasteiger partial charge on any atom is 0.220 e. The molecule has 5 heteroatoms. The van der Waals surface area contributed by atoms with Crippen molar-refractivity contribution in [2.45, 2.75) is 44.9 Å². The van der Waals surface area contributed by atoms with Crippen molar-refractivity contribution in [3.63, 3.8) is 0 Å². The number of nitrogens with one attached hydrogen (secondary N) is 1. The molecule has 0 atom stereocenters. The molecule has 0 unspecified atom stereocenters. The first-order valence-electron chi connectivity index (χ1n) is 8.93. The van der Waals surface area contributed by atoms with Gasteiger partial charge in [-0.05, 0) is 30.9 Å². The van der Waals surface area contributed by atoms with Gasteiger partial charge in [-0.3, -0.25) is 4.79 Å². The highest BCUT2D eigenvalue weighted by Crippen LogP contribution is 2.26. The van der Waals surface area contributed by atoms with Crippen molar-refractivity contribution in [2.24, 2.45) is 13.0 Å². The molecule has 130 valence electrons. The fraction of sp³-hybridized carbons (Fsp3) is 0.579. The third-order valence-electron chi connectivity index (χ3n) is 5.05. The van der Waals surface area contributed by atoms with Crippen LogP contribution in [0.1, 0.15) is 44.3 Å². The minimum absolute atomic E-state index is 0.183. The van der Waals surface area contributed by atoms with Crippen molar-refractivity contribution in [3.05, 3.63) is 24.0 Å². The summed E-state index contributed by atoms with van der Waals surface area (Å²) in [6.07, 6.45) is 7.72. The Labute approximate surface area is 143 Å². The molecule has 0 radical (unpaired) electrons. The number of hydrogen-bond acceptors (Lipinski definition) is 3. The standard InChI is InChI=1S/C19H27N3O2/c1-22-17-9-8-15(24-2)13-16(17)21-18(22)10-11-20-19(23)12-14-6-4-3-5-7-14/h8-9,13-14H,3-7,10-12H2,1-2H3,(H,20,23). The van der Waals surface area contributed by atoms with E-state index in [1.807, 2.05) is 25.2 Å². The molecule has 0 saturated heterocycles. The number of aromatic nitrogens is 2. The molecular weight excluding hydrogens is 302 g/mol. The van der Waals surface area contributed by atoms with Gasteiger partial charge in [-0.2, -0.15) is 0 Å². The summed E-state index contributed by atoms with van der Waals surface area (Å²) in [5, 5.41) is 3.06. The monoisotopic (exact) mass is 329 g/mol. The Morgan fingerprint density at radius 3 is 2.88 bits per heavy atom. The summed E-state index contributed by atoms with van der Waals surface area (Å²) >= 11 is 0. The second-order valence-electron chi connectivity index (χ2n) is 6.75. The Kier molecular flexibility index (Phi) is 5.38. The molecular formula is C19H27N3O2. The predicted molar refractivity (Wildman–Crippen MR) is 95.2 cm³/mol. The number of nitrogens with zero attached hydrogens (tertiary/aromatic N) is 2. The van der Waals surface area contributed by atoms with Gasteiger partial charge in [0.25, 0.3) is 0 Å². The summed E-state index contributed by atoms with van der Waals surface area (Å²) < 4.78 is 7.34.